The van der Waals surface area contributed by atoms with Gasteiger partial charge in [-0.1, -0.05) is 6.07 Å². The molecule has 0 bridgehead atoms. The minimum Gasteiger partial charge on any atom is -0.365 e. The maximum absolute atomic E-state index is 9.19. The molecule has 1 aliphatic rings. The summed E-state index contributed by atoms with van der Waals surface area (Å²) in [7, 11) is 0. The number of benzene rings is 1. The van der Waals surface area contributed by atoms with Crippen molar-refractivity contribution in [1.29, 1.82) is 5.26 Å². The zero-order chi connectivity index (χ0) is 12.6. The first-order chi connectivity index (χ1) is 7.96. The van der Waals surface area contributed by atoms with Crippen molar-refractivity contribution in [3.8, 4) is 6.07 Å². The highest BCUT2D eigenvalue weighted by atomic mass is 15.2. The molecule has 0 N–H and O–H groups in total. The molecule has 1 atom stereocenters. The quantitative estimate of drug-likeness (QED) is 0.736. The van der Waals surface area contributed by atoms with Crippen LogP contribution in [0.25, 0.3) is 0 Å². The number of nitrogens with zero attached hydrogens (tertiary/aromatic N) is 2. The second-order valence-electron chi connectivity index (χ2n) is 5.54. The van der Waals surface area contributed by atoms with E-state index in [2.05, 4.69) is 56.9 Å². The number of hydrogen-bond donors (Lipinski definition) is 0. The summed E-state index contributed by atoms with van der Waals surface area (Å²) in [6.45, 7) is 9.59. The van der Waals surface area contributed by atoms with E-state index in [1.807, 2.05) is 0 Å². The first-order valence-corrected chi connectivity index (χ1v) is 6.21. The molecule has 1 saturated heterocycles. The van der Waals surface area contributed by atoms with Crippen LogP contribution in [0.3, 0.4) is 0 Å². The first-order valence-electron chi connectivity index (χ1n) is 6.21. The molecule has 0 amide bonds. The van der Waals surface area contributed by atoms with Gasteiger partial charge in [0.25, 0.3) is 0 Å². The minimum atomic E-state index is -0.0591. The third-order valence-electron chi connectivity index (χ3n) is 4.15. The maximum atomic E-state index is 9.19. The van der Waals surface area contributed by atoms with Crippen LogP contribution in [0.15, 0.2) is 18.2 Å². The van der Waals surface area contributed by atoms with Gasteiger partial charge >= 0.3 is 0 Å². The number of hydrogen-bond acceptors (Lipinski definition) is 2. The van der Waals surface area contributed by atoms with Crippen LogP contribution in [0.2, 0.25) is 0 Å². The molecule has 0 aromatic heterocycles. The van der Waals surface area contributed by atoms with Crippen LogP contribution in [-0.2, 0) is 0 Å². The average molecular weight is 228 g/mol. The van der Waals surface area contributed by atoms with Gasteiger partial charge in [-0.2, -0.15) is 5.26 Å². The molecule has 1 aromatic rings. The van der Waals surface area contributed by atoms with Crippen molar-refractivity contribution in [2.75, 3.05) is 11.4 Å². The van der Waals surface area contributed by atoms with E-state index in [1.54, 1.807) is 0 Å². The summed E-state index contributed by atoms with van der Waals surface area (Å²) in [5.41, 5.74) is 3.83. The lowest BCUT2D eigenvalue weighted by Gasteiger charge is -2.35. The largest absolute Gasteiger partial charge is 0.365 e. The molecular formula is C15H20N2. The third kappa shape index (κ3) is 1.91. The Labute approximate surface area is 104 Å². The van der Waals surface area contributed by atoms with E-state index in [-0.39, 0.29) is 11.5 Å². The van der Waals surface area contributed by atoms with E-state index in [1.165, 1.54) is 16.8 Å². The molecule has 1 unspecified atom stereocenters. The van der Waals surface area contributed by atoms with Gasteiger partial charge in [0, 0.05) is 12.2 Å². The van der Waals surface area contributed by atoms with Gasteiger partial charge in [-0.25, -0.2) is 0 Å². The van der Waals surface area contributed by atoms with Gasteiger partial charge in [0.2, 0.25) is 0 Å². The van der Waals surface area contributed by atoms with Gasteiger partial charge in [0.1, 0.15) is 0 Å². The van der Waals surface area contributed by atoms with Crippen molar-refractivity contribution in [2.45, 2.75) is 39.7 Å². The van der Waals surface area contributed by atoms with Crippen molar-refractivity contribution in [3.63, 3.8) is 0 Å². The summed E-state index contributed by atoms with van der Waals surface area (Å²) >= 11 is 0. The zero-order valence-corrected chi connectivity index (χ0v) is 11.1. The molecule has 2 heteroatoms. The Hall–Kier alpha value is -1.49. The van der Waals surface area contributed by atoms with E-state index in [9.17, 15) is 5.26 Å². The minimum absolute atomic E-state index is 0.0591. The highest BCUT2D eigenvalue weighted by molar-refractivity contribution is 5.54. The van der Waals surface area contributed by atoms with Crippen LogP contribution in [0.5, 0.6) is 0 Å². The number of aryl methyl sites for hydroxylation is 2. The molecular weight excluding hydrogens is 208 g/mol. The molecule has 2 rings (SSSR count). The number of rotatable bonds is 1. The summed E-state index contributed by atoms with van der Waals surface area (Å²) in [6, 6.07) is 9.01. The van der Waals surface area contributed by atoms with E-state index in [4.69, 9.17) is 0 Å². The average Bonchev–Trinajstić information content (AvgIpc) is 2.57. The van der Waals surface area contributed by atoms with Crippen LogP contribution in [-0.4, -0.2) is 12.1 Å². The van der Waals surface area contributed by atoms with Crippen LogP contribution < -0.4 is 4.90 Å². The van der Waals surface area contributed by atoms with Gasteiger partial charge < -0.3 is 4.90 Å². The predicted octanol–water partition coefficient (Wildman–Crippen LogP) is 3.43. The second kappa shape index (κ2) is 4.07. The third-order valence-corrected chi connectivity index (χ3v) is 4.15. The zero-order valence-electron chi connectivity index (χ0n) is 11.1. The fourth-order valence-electron chi connectivity index (χ4n) is 2.67. The molecule has 0 spiro atoms. The normalized spacial score (nSPS) is 22.5. The molecule has 1 fully saturated rings. The van der Waals surface area contributed by atoms with Crippen molar-refractivity contribution in [1.82, 2.24) is 0 Å². The first kappa shape index (κ1) is 12.0. The van der Waals surface area contributed by atoms with E-state index < -0.39 is 0 Å². The van der Waals surface area contributed by atoms with E-state index >= 15 is 0 Å². The standard InChI is InChI=1S/C15H20N2/c1-11-5-6-14(9-12(11)2)17-8-7-13(10-16)15(17,3)4/h5-6,9,13H,7-8H2,1-4H3. The van der Waals surface area contributed by atoms with E-state index in [0.29, 0.717) is 0 Å². The molecule has 2 nitrogen and oxygen atoms in total. The predicted molar refractivity (Wildman–Crippen MR) is 71.1 cm³/mol. The molecule has 0 radical (unpaired) electrons. The molecule has 0 saturated carbocycles. The summed E-state index contributed by atoms with van der Waals surface area (Å²) in [4.78, 5) is 2.37. The van der Waals surface area contributed by atoms with Gasteiger partial charge in [-0.3, -0.25) is 0 Å². The SMILES string of the molecule is Cc1ccc(N2CCC(C#N)C2(C)C)cc1C. The van der Waals surface area contributed by atoms with Crippen LogP contribution in [0, 0.1) is 31.1 Å². The van der Waals surface area contributed by atoms with Gasteiger partial charge in [0.05, 0.1) is 17.5 Å². The van der Waals surface area contributed by atoms with Crippen LogP contribution in [0.1, 0.15) is 31.4 Å². The Bertz CT molecular complexity index is 468. The molecule has 90 valence electrons. The summed E-state index contributed by atoms with van der Waals surface area (Å²) in [6.07, 6.45) is 0.969. The van der Waals surface area contributed by atoms with Crippen molar-refractivity contribution < 1.29 is 0 Å². The molecule has 1 heterocycles. The van der Waals surface area contributed by atoms with Crippen LogP contribution >= 0.6 is 0 Å². The molecule has 0 aliphatic carbocycles. The Kier molecular flexibility index (Phi) is 2.87. The van der Waals surface area contributed by atoms with Crippen LogP contribution in [0.4, 0.5) is 5.69 Å². The van der Waals surface area contributed by atoms with Gasteiger partial charge in [0.15, 0.2) is 0 Å². The maximum Gasteiger partial charge on any atom is 0.0706 e. The Morgan fingerprint density at radius 3 is 2.53 bits per heavy atom. The summed E-state index contributed by atoms with van der Waals surface area (Å²) in [5.74, 6) is 0.129. The highest BCUT2D eigenvalue weighted by Gasteiger charge is 2.41. The number of anilines is 1. The lowest BCUT2D eigenvalue weighted by Crippen LogP contribution is -2.42. The summed E-state index contributed by atoms with van der Waals surface area (Å²) < 4.78 is 0. The lowest BCUT2D eigenvalue weighted by atomic mass is 9.89. The summed E-state index contributed by atoms with van der Waals surface area (Å²) in [5, 5.41) is 9.19. The fourth-order valence-corrected chi connectivity index (χ4v) is 2.67. The smallest absolute Gasteiger partial charge is 0.0706 e. The highest BCUT2D eigenvalue weighted by Crippen LogP contribution is 2.38. The van der Waals surface area contributed by atoms with Gasteiger partial charge in [-0.05, 0) is 57.4 Å². The lowest BCUT2D eigenvalue weighted by molar-refractivity contribution is 0.439. The van der Waals surface area contributed by atoms with E-state index in [0.717, 1.165) is 13.0 Å². The topological polar surface area (TPSA) is 27.0 Å². The molecule has 17 heavy (non-hydrogen) atoms. The Morgan fingerprint density at radius 1 is 1.29 bits per heavy atom. The monoisotopic (exact) mass is 228 g/mol. The molecule has 1 aliphatic heterocycles. The molecule has 1 aromatic carbocycles. The van der Waals surface area contributed by atoms with Crippen molar-refractivity contribution >= 4 is 5.69 Å². The Morgan fingerprint density at radius 2 is 2.00 bits per heavy atom. The van der Waals surface area contributed by atoms with Gasteiger partial charge in [-0.15, -0.1) is 0 Å². The Balaban J connectivity index is 2.36. The van der Waals surface area contributed by atoms with Crippen molar-refractivity contribution in [3.05, 3.63) is 29.3 Å². The van der Waals surface area contributed by atoms with Crippen molar-refractivity contribution in [2.24, 2.45) is 5.92 Å². The fraction of sp³-hybridized carbons (Fsp3) is 0.533. The number of nitriles is 1. The second-order valence-corrected chi connectivity index (χ2v) is 5.54.